The lowest BCUT2D eigenvalue weighted by Gasteiger charge is -2.10. The van der Waals surface area contributed by atoms with Gasteiger partial charge < -0.3 is 9.88 Å². The third kappa shape index (κ3) is 3.20. The van der Waals surface area contributed by atoms with E-state index in [1.54, 1.807) is 17.1 Å². The molecule has 2 rings (SSSR count). The maximum Gasteiger partial charge on any atom is 0.271 e. The second-order valence-electron chi connectivity index (χ2n) is 4.01. The zero-order valence-electron chi connectivity index (χ0n) is 10.0. The van der Waals surface area contributed by atoms with Gasteiger partial charge in [-0.15, -0.1) is 0 Å². The molecule has 1 atom stereocenters. The molecule has 0 saturated carbocycles. The van der Waals surface area contributed by atoms with Crippen LogP contribution in [0.25, 0.3) is 0 Å². The molecule has 1 aromatic heterocycles. The minimum Gasteiger partial charge on any atom is -0.349 e. The number of aromatic nitrogens is 2. The standard InChI is InChI=1S/C13H14BrN3O/c1-17-8-12(16-9-17)13(18)15-7-11(14)10-5-3-2-4-6-10/h2-6,8-9,11H,7H2,1H3,(H,15,18). The molecule has 0 saturated heterocycles. The van der Waals surface area contributed by atoms with E-state index in [2.05, 4.69) is 26.2 Å². The number of alkyl halides is 1. The largest absolute Gasteiger partial charge is 0.349 e. The van der Waals surface area contributed by atoms with E-state index in [1.165, 1.54) is 0 Å². The number of amides is 1. The molecule has 0 aliphatic heterocycles. The molecule has 2 aromatic rings. The Hall–Kier alpha value is -1.62. The first kappa shape index (κ1) is 12.8. The van der Waals surface area contributed by atoms with E-state index in [-0.39, 0.29) is 10.7 Å². The molecule has 0 aliphatic carbocycles. The van der Waals surface area contributed by atoms with Gasteiger partial charge in [0, 0.05) is 19.8 Å². The summed E-state index contributed by atoms with van der Waals surface area (Å²) in [6.07, 6.45) is 3.30. The summed E-state index contributed by atoms with van der Waals surface area (Å²) in [6.45, 7) is 0.527. The van der Waals surface area contributed by atoms with Crippen molar-refractivity contribution >= 4 is 21.8 Å². The van der Waals surface area contributed by atoms with Crippen molar-refractivity contribution in [2.75, 3.05) is 6.54 Å². The quantitative estimate of drug-likeness (QED) is 0.881. The number of carbonyl (C=O) groups is 1. The Morgan fingerprint density at radius 1 is 1.44 bits per heavy atom. The van der Waals surface area contributed by atoms with Crippen molar-refractivity contribution in [2.45, 2.75) is 4.83 Å². The van der Waals surface area contributed by atoms with Crippen molar-refractivity contribution in [2.24, 2.45) is 7.05 Å². The Balaban J connectivity index is 1.90. The summed E-state index contributed by atoms with van der Waals surface area (Å²) < 4.78 is 1.75. The smallest absolute Gasteiger partial charge is 0.271 e. The zero-order chi connectivity index (χ0) is 13.0. The number of rotatable bonds is 4. The van der Waals surface area contributed by atoms with Crippen molar-refractivity contribution in [1.82, 2.24) is 14.9 Å². The third-order valence-corrected chi connectivity index (χ3v) is 3.39. The highest BCUT2D eigenvalue weighted by Gasteiger charge is 2.11. The first-order valence-electron chi connectivity index (χ1n) is 5.62. The average molecular weight is 308 g/mol. The van der Waals surface area contributed by atoms with Gasteiger partial charge in [-0.1, -0.05) is 46.3 Å². The van der Waals surface area contributed by atoms with Gasteiger partial charge in [0.25, 0.3) is 5.91 Å². The summed E-state index contributed by atoms with van der Waals surface area (Å²) in [5, 5.41) is 2.85. The summed E-state index contributed by atoms with van der Waals surface area (Å²) in [7, 11) is 1.83. The van der Waals surface area contributed by atoms with Crippen molar-refractivity contribution < 1.29 is 4.79 Å². The van der Waals surface area contributed by atoms with Crippen LogP contribution in [0.2, 0.25) is 0 Å². The van der Waals surface area contributed by atoms with Crippen LogP contribution in [0.1, 0.15) is 20.9 Å². The van der Waals surface area contributed by atoms with Crippen LogP contribution in [0, 0.1) is 0 Å². The molecule has 94 valence electrons. The molecule has 1 unspecified atom stereocenters. The highest BCUT2D eigenvalue weighted by atomic mass is 79.9. The lowest BCUT2D eigenvalue weighted by molar-refractivity contribution is 0.0949. The molecule has 18 heavy (non-hydrogen) atoms. The van der Waals surface area contributed by atoms with Gasteiger partial charge in [0.15, 0.2) is 0 Å². The summed E-state index contributed by atoms with van der Waals surface area (Å²) in [4.78, 5) is 15.9. The van der Waals surface area contributed by atoms with Gasteiger partial charge in [-0.3, -0.25) is 4.79 Å². The number of nitrogens with one attached hydrogen (secondary N) is 1. The topological polar surface area (TPSA) is 46.9 Å². The summed E-state index contributed by atoms with van der Waals surface area (Å²) >= 11 is 3.55. The van der Waals surface area contributed by atoms with Gasteiger partial charge in [0.2, 0.25) is 0 Å². The fourth-order valence-electron chi connectivity index (χ4n) is 1.58. The van der Waals surface area contributed by atoms with Crippen molar-refractivity contribution in [1.29, 1.82) is 0 Å². The number of carbonyl (C=O) groups excluding carboxylic acids is 1. The second kappa shape index (κ2) is 5.82. The van der Waals surface area contributed by atoms with E-state index in [1.807, 2.05) is 37.4 Å². The molecule has 0 spiro atoms. The number of benzene rings is 1. The lowest BCUT2D eigenvalue weighted by atomic mass is 10.1. The fourth-order valence-corrected chi connectivity index (χ4v) is 2.05. The van der Waals surface area contributed by atoms with Crippen molar-refractivity contribution in [3.8, 4) is 0 Å². The monoisotopic (exact) mass is 307 g/mol. The molecule has 1 amide bonds. The molecule has 0 fully saturated rings. The van der Waals surface area contributed by atoms with Crippen molar-refractivity contribution in [3.05, 3.63) is 54.1 Å². The Bertz CT molecular complexity index is 524. The zero-order valence-corrected chi connectivity index (χ0v) is 11.6. The van der Waals surface area contributed by atoms with E-state index in [0.29, 0.717) is 12.2 Å². The Kier molecular flexibility index (Phi) is 4.15. The molecular weight excluding hydrogens is 294 g/mol. The summed E-state index contributed by atoms with van der Waals surface area (Å²) in [6, 6.07) is 9.96. The number of nitrogens with zero attached hydrogens (tertiary/aromatic N) is 2. The fraction of sp³-hybridized carbons (Fsp3) is 0.231. The number of hydrogen-bond donors (Lipinski definition) is 1. The number of halogens is 1. The van der Waals surface area contributed by atoms with E-state index >= 15 is 0 Å². The summed E-state index contributed by atoms with van der Waals surface area (Å²) in [5.74, 6) is -0.156. The Morgan fingerprint density at radius 2 is 2.17 bits per heavy atom. The highest BCUT2D eigenvalue weighted by molar-refractivity contribution is 9.09. The highest BCUT2D eigenvalue weighted by Crippen LogP contribution is 2.21. The average Bonchev–Trinajstić information content (AvgIpc) is 2.83. The minimum atomic E-state index is -0.156. The molecule has 1 aromatic carbocycles. The molecule has 0 bridgehead atoms. The van der Waals surface area contributed by atoms with Crippen LogP contribution < -0.4 is 5.32 Å². The first-order valence-corrected chi connectivity index (χ1v) is 6.53. The maximum atomic E-state index is 11.8. The summed E-state index contributed by atoms with van der Waals surface area (Å²) in [5.41, 5.74) is 1.57. The van der Waals surface area contributed by atoms with E-state index in [9.17, 15) is 4.79 Å². The van der Waals surface area contributed by atoms with E-state index in [0.717, 1.165) is 5.56 Å². The van der Waals surface area contributed by atoms with Crippen LogP contribution in [0.3, 0.4) is 0 Å². The van der Waals surface area contributed by atoms with Gasteiger partial charge in [-0.2, -0.15) is 0 Å². The maximum absolute atomic E-state index is 11.8. The predicted octanol–water partition coefficient (Wildman–Crippen LogP) is 2.29. The van der Waals surface area contributed by atoms with Crippen LogP contribution in [0.15, 0.2) is 42.9 Å². The second-order valence-corrected chi connectivity index (χ2v) is 5.12. The van der Waals surface area contributed by atoms with Gasteiger partial charge in [0.05, 0.1) is 11.2 Å². The number of aryl methyl sites for hydroxylation is 1. The SMILES string of the molecule is Cn1cnc(C(=O)NCC(Br)c2ccccc2)c1. The van der Waals surface area contributed by atoms with E-state index < -0.39 is 0 Å². The molecule has 5 heteroatoms. The third-order valence-electron chi connectivity index (χ3n) is 2.54. The van der Waals surface area contributed by atoms with Crippen LogP contribution in [-0.2, 0) is 7.05 Å². The molecule has 1 heterocycles. The van der Waals surface area contributed by atoms with Crippen molar-refractivity contribution in [3.63, 3.8) is 0 Å². The first-order chi connectivity index (χ1) is 8.66. The van der Waals surface area contributed by atoms with Gasteiger partial charge in [0.1, 0.15) is 5.69 Å². The number of imidazole rings is 1. The molecule has 0 radical (unpaired) electrons. The van der Waals surface area contributed by atoms with Crippen LogP contribution in [-0.4, -0.2) is 22.0 Å². The normalized spacial score (nSPS) is 12.1. The van der Waals surface area contributed by atoms with Crippen LogP contribution in [0.5, 0.6) is 0 Å². The van der Waals surface area contributed by atoms with Crippen LogP contribution in [0.4, 0.5) is 0 Å². The predicted molar refractivity (Wildman–Crippen MR) is 73.7 cm³/mol. The Morgan fingerprint density at radius 3 is 2.78 bits per heavy atom. The molecule has 4 nitrogen and oxygen atoms in total. The Labute approximate surface area is 114 Å². The minimum absolute atomic E-state index is 0.103. The number of hydrogen-bond acceptors (Lipinski definition) is 2. The molecule has 0 aliphatic rings. The van der Waals surface area contributed by atoms with Gasteiger partial charge in [-0.25, -0.2) is 4.98 Å². The molecule has 1 N–H and O–H groups in total. The van der Waals surface area contributed by atoms with Gasteiger partial charge in [-0.05, 0) is 5.56 Å². The lowest BCUT2D eigenvalue weighted by Crippen LogP contribution is -2.27. The molecular formula is C13H14BrN3O. The van der Waals surface area contributed by atoms with E-state index in [4.69, 9.17) is 0 Å². The van der Waals surface area contributed by atoms with Crippen LogP contribution >= 0.6 is 15.9 Å². The van der Waals surface area contributed by atoms with Gasteiger partial charge >= 0.3 is 0 Å².